The maximum Gasteiger partial charge on any atom is 0.331 e. The lowest BCUT2D eigenvalue weighted by Crippen LogP contribution is -2.53. The molecule has 208 valence electrons. The first-order valence-electron chi connectivity index (χ1n) is 12.7. The van der Waals surface area contributed by atoms with Crippen molar-refractivity contribution in [3.63, 3.8) is 0 Å². The van der Waals surface area contributed by atoms with Crippen LogP contribution < -0.4 is 19.5 Å². The van der Waals surface area contributed by atoms with E-state index in [-0.39, 0.29) is 24.5 Å². The number of barbiturate groups is 1. The zero-order chi connectivity index (χ0) is 28.6. The van der Waals surface area contributed by atoms with Crippen molar-refractivity contribution >= 4 is 39.9 Å². The predicted octanol–water partition coefficient (Wildman–Crippen LogP) is 6.02. The smallest absolute Gasteiger partial charge is 0.331 e. The predicted molar refractivity (Wildman–Crippen MR) is 150 cm³/mol. The lowest BCUT2D eigenvalue weighted by atomic mass is 10.1. The van der Waals surface area contributed by atoms with Gasteiger partial charge in [0.05, 0.1) is 24.2 Å². The molecule has 1 N–H and O–H groups in total. The van der Waals surface area contributed by atoms with Crippen LogP contribution in [-0.2, 0) is 22.7 Å². The molecule has 0 saturated carbocycles. The third-order valence-electron chi connectivity index (χ3n) is 5.90. The molecule has 0 aliphatic carbocycles. The molecule has 0 bridgehead atoms. The first-order valence-corrected chi connectivity index (χ1v) is 13.5. The molecule has 1 heterocycles. The highest BCUT2D eigenvalue weighted by Gasteiger charge is 2.35. The van der Waals surface area contributed by atoms with Gasteiger partial charge < -0.3 is 14.2 Å². The maximum absolute atomic E-state index is 13.9. The van der Waals surface area contributed by atoms with Gasteiger partial charge in [0.15, 0.2) is 11.5 Å². The largest absolute Gasteiger partial charge is 0.490 e. The molecule has 1 saturated heterocycles. The van der Waals surface area contributed by atoms with Crippen molar-refractivity contribution < 1.29 is 33.0 Å². The number of imide groups is 2. The zero-order valence-electron chi connectivity index (χ0n) is 22.0. The van der Waals surface area contributed by atoms with E-state index in [4.69, 9.17) is 14.2 Å². The van der Waals surface area contributed by atoms with Gasteiger partial charge in [-0.3, -0.25) is 19.8 Å². The molecule has 3 aromatic rings. The summed E-state index contributed by atoms with van der Waals surface area (Å²) < 4.78 is 31.6. The van der Waals surface area contributed by atoms with Crippen LogP contribution in [0.2, 0.25) is 0 Å². The quantitative estimate of drug-likeness (QED) is 0.211. The van der Waals surface area contributed by atoms with Crippen LogP contribution in [0.3, 0.4) is 0 Å². The van der Waals surface area contributed by atoms with E-state index in [1.165, 1.54) is 12.1 Å². The van der Waals surface area contributed by atoms with Gasteiger partial charge in [-0.15, -0.1) is 0 Å². The molecule has 10 heteroatoms. The molecule has 8 nitrogen and oxygen atoms in total. The van der Waals surface area contributed by atoms with Crippen LogP contribution in [0.25, 0.3) is 6.08 Å². The van der Waals surface area contributed by atoms with E-state index in [0.717, 1.165) is 11.3 Å². The van der Waals surface area contributed by atoms with Gasteiger partial charge in [0, 0.05) is 5.56 Å². The summed E-state index contributed by atoms with van der Waals surface area (Å²) in [5.74, 6) is -0.347. The molecule has 1 fully saturated rings. The number of nitrogens with one attached hydrogen (secondary N) is 1. The summed E-state index contributed by atoms with van der Waals surface area (Å²) in [6, 6.07) is 15.7. The third-order valence-corrected chi connectivity index (χ3v) is 6.52. The third kappa shape index (κ3) is 6.87. The Bertz CT molecular complexity index is 1460. The molecule has 3 aromatic carbocycles. The number of rotatable bonds is 11. The van der Waals surface area contributed by atoms with Crippen LogP contribution in [-0.4, -0.2) is 36.0 Å². The zero-order valence-corrected chi connectivity index (χ0v) is 23.6. The van der Waals surface area contributed by atoms with E-state index in [0.29, 0.717) is 51.6 Å². The van der Waals surface area contributed by atoms with Crippen molar-refractivity contribution in [3.05, 3.63) is 93.2 Å². The Hall–Kier alpha value is -4.18. The number of ether oxygens (including phenoxy) is 3. The lowest BCUT2D eigenvalue weighted by molar-refractivity contribution is -0.130. The first kappa shape index (κ1) is 28.8. The van der Waals surface area contributed by atoms with Crippen molar-refractivity contribution in [2.24, 2.45) is 0 Å². The number of carbonyl (C=O) groups is 3. The highest BCUT2D eigenvalue weighted by atomic mass is 79.9. The number of halogens is 2. The van der Waals surface area contributed by atoms with Gasteiger partial charge in [0.25, 0.3) is 11.8 Å². The Morgan fingerprint density at radius 3 is 2.42 bits per heavy atom. The Kier molecular flexibility index (Phi) is 9.55. The van der Waals surface area contributed by atoms with Gasteiger partial charge in [-0.2, -0.15) is 0 Å². The van der Waals surface area contributed by atoms with Crippen LogP contribution in [0, 0.1) is 5.82 Å². The van der Waals surface area contributed by atoms with E-state index in [1.807, 2.05) is 13.8 Å². The number of nitrogens with zero attached hydrogens (tertiary/aromatic N) is 1. The molecule has 0 unspecified atom stereocenters. The standard InChI is InChI=1S/C30H28BrFN2O6/c1-3-13-39-26-12-10-20(16-27(26)38-4-2)17-34-29(36)22(28(35)33-30(34)37)14-19-9-11-25(23(31)15-19)40-18-21-7-5-6-8-24(21)32/h5-12,14-16H,3-4,13,17-18H2,1-2H3,(H,33,35,37)/b22-14+. The average Bonchev–Trinajstić information content (AvgIpc) is 2.93. The van der Waals surface area contributed by atoms with Crippen molar-refractivity contribution in [2.75, 3.05) is 13.2 Å². The van der Waals surface area contributed by atoms with Crippen LogP contribution >= 0.6 is 15.9 Å². The Morgan fingerprint density at radius 1 is 0.925 bits per heavy atom. The Labute approximate surface area is 239 Å². The van der Waals surface area contributed by atoms with Gasteiger partial charge in [-0.05, 0) is 76.8 Å². The summed E-state index contributed by atoms with van der Waals surface area (Å²) in [5.41, 5.74) is 1.36. The summed E-state index contributed by atoms with van der Waals surface area (Å²) in [5, 5.41) is 2.23. The number of carbonyl (C=O) groups excluding carboxylic acids is 3. The fraction of sp³-hybridized carbons (Fsp3) is 0.233. The van der Waals surface area contributed by atoms with Crippen molar-refractivity contribution in [1.82, 2.24) is 10.2 Å². The number of hydrogen-bond acceptors (Lipinski definition) is 6. The molecule has 1 aliphatic heterocycles. The normalized spacial score (nSPS) is 14.3. The SMILES string of the molecule is CCCOc1ccc(CN2C(=O)NC(=O)/C(=C\c3ccc(OCc4ccccc4F)c(Br)c3)C2=O)cc1OCC. The van der Waals surface area contributed by atoms with E-state index < -0.39 is 17.8 Å². The van der Waals surface area contributed by atoms with Gasteiger partial charge >= 0.3 is 6.03 Å². The van der Waals surface area contributed by atoms with Crippen LogP contribution in [0.1, 0.15) is 37.0 Å². The molecule has 1 aliphatic rings. The molecular weight excluding hydrogens is 583 g/mol. The minimum atomic E-state index is -0.811. The molecular formula is C30H28BrFN2O6. The molecule has 0 spiro atoms. The first-order chi connectivity index (χ1) is 19.3. The fourth-order valence-corrected chi connectivity index (χ4v) is 4.44. The van der Waals surface area contributed by atoms with E-state index >= 15 is 0 Å². The molecule has 4 rings (SSSR count). The van der Waals surface area contributed by atoms with Gasteiger partial charge in [0.1, 0.15) is 23.7 Å². The topological polar surface area (TPSA) is 94.2 Å². The van der Waals surface area contributed by atoms with Crippen molar-refractivity contribution in [3.8, 4) is 17.2 Å². The number of amides is 4. The van der Waals surface area contributed by atoms with Crippen molar-refractivity contribution in [1.29, 1.82) is 0 Å². The van der Waals surface area contributed by atoms with Gasteiger partial charge in [-0.1, -0.05) is 37.3 Å². The lowest BCUT2D eigenvalue weighted by Gasteiger charge is -2.26. The number of urea groups is 1. The monoisotopic (exact) mass is 610 g/mol. The number of benzene rings is 3. The second-order valence-corrected chi connectivity index (χ2v) is 9.70. The summed E-state index contributed by atoms with van der Waals surface area (Å²) in [4.78, 5) is 39.4. The molecule has 0 aromatic heterocycles. The molecule has 40 heavy (non-hydrogen) atoms. The summed E-state index contributed by atoms with van der Waals surface area (Å²) >= 11 is 3.42. The molecule has 4 amide bonds. The fourth-order valence-electron chi connectivity index (χ4n) is 3.93. The average molecular weight is 611 g/mol. The van der Waals surface area contributed by atoms with Gasteiger partial charge in [-0.25, -0.2) is 9.18 Å². The van der Waals surface area contributed by atoms with Gasteiger partial charge in [0.2, 0.25) is 0 Å². The second kappa shape index (κ2) is 13.3. The highest BCUT2D eigenvalue weighted by molar-refractivity contribution is 9.10. The van der Waals surface area contributed by atoms with Crippen LogP contribution in [0.15, 0.2) is 70.7 Å². The maximum atomic E-state index is 13.9. The van der Waals surface area contributed by atoms with E-state index in [9.17, 15) is 18.8 Å². The minimum absolute atomic E-state index is 0.0282. The van der Waals surface area contributed by atoms with E-state index in [2.05, 4.69) is 21.2 Å². The highest BCUT2D eigenvalue weighted by Crippen LogP contribution is 2.31. The Morgan fingerprint density at radius 2 is 1.70 bits per heavy atom. The molecule has 0 atom stereocenters. The molecule has 0 radical (unpaired) electrons. The van der Waals surface area contributed by atoms with Crippen molar-refractivity contribution in [2.45, 2.75) is 33.4 Å². The Balaban J connectivity index is 1.51. The van der Waals surface area contributed by atoms with Crippen LogP contribution in [0.4, 0.5) is 9.18 Å². The number of hydrogen-bond donors (Lipinski definition) is 1. The summed E-state index contributed by atoms with van der Waals surface area (Å²) in [6.45, 7) is 4.74. The van der Waals surface area contributed by atoms with Crippen LogP contribution in [0.5, 0.6) is 17.2 Å². The summed E-state index contributed by atoms with van der Waals surface area (Å²) in [7, 11) is 0. The van der Waals surface area contributed by atoms with E-state index in [1.54, 1.807) is 54.6 Å². The minimum Gasteiger partial charge on any atom is -0.490 e. The summed E-state index contributed by atoms with van der Waals surface area (Å²) in [6.07, 6.45) is 2.23. The second-order valence-electron chi connectivity index (χ2n) is 8.84.